The molecule has 12 heteroatoms. The third-order valence-corrected chi connectivity index (χ3v) is 2.01. The number of nitro groups is 1. The van der Waals surface area contributed by atoms with E-state index in [9.17, 15) is 36.9 Å². The summed E-state index contributed by atoms with van der Waals surface area (Å²) in [6.45, 7) is 0. The van der Waals surface area contributed by atoms with Crippen molar-refractivity contribution in [2.75, 3.05) is 7.11 Å². The van der Waals surface area contributed by atoms with Gasteiger partial charge < -0.3 is 19.6 Å². The maximum absolute atomic E-state index is 12.7. The minimum atomic E-state index is -5.41. The Hall–Kier alpha value is -2.53. The van der Waals surface area contributed by atoms with Crippen LogP contribution < -0.4 is 4.74 Å². The summed E-state index contributed by atoms with van der Waals surface area (Å²) in [5.41, 5.74) is -2.88. The molecule has 0 saturated carbocycles. The van der Waals surface area contributed by atoms with Gasteiger partial charge in [-0.3, -0.25) is 0 Å². The fraction of sp³-hybridized carbons (Fsp3) is 0.333. The molecule has 0 radical (unpaired) electrons. The Morgan fingerprint density at radius 2 is 2.00 bits per heavy atom. The lowest BCUT2D eigenvalue weighted by Crippen LogP contribution is -2.22. The van der Waals surface area contributed by atoms with Crippen LogP contribution in [0.3, 0.4) is 0 Å². The molecule has 0 unspecified atom stereocenters. The average molecular weight is 316 g/mol. The number of methoxy groups -OCH3 is 1. The van der Waals surface area contributed by atoms with E-state index in [1.165, 1.54) is 0 Å². The van der Waals surface area contributed by atoms with E-state index in [1.807, 2.05) is 0 Å². The van der Waals surface area contributed by atoms with Gasteiger partial charge in [-0.05, 0) is 9.91 Å². The Kier molecular flexibility index (Phi) is 4.60. The highest BCUT2D eigenvalue weighted by atomic mass is 19.4. The Bertz CT molecular complexity index is 574. The minimum Gasteiger partial charge on any atom is -0.463 e. The maximum Gasteiger partial charge on any atom is 0.573 e. The highest BCUT2D eigenvalue weighted by molar-refractivity contribution is 5.91. The van der Waals surface area contributed by atoms with Crippen molar-refractivity contribution in [1.82, 2.24) is 4.98 Å². The molecule has 0 N–H and O–H groups in total. The number of ether oxygens (including phenoxy) is 2. The molecule has 21 heavy (non-hydrogen) atoms. The Morgan fingerprint density at radius 1 is 1.43 bits per heavy atom. The molecule has 7 nitrogen and oxygen atoms in total. The number of halogens is 5. The summed E-state index contributed by atoms with van der Waals surface area (Å²) in [4.78, 5) is 23.5. The van der Waals surface area contributed by atoms with Crippen LogP contribution in [-0.2, 0) is 4.74 Å². The number of alkyl halides is 5. The molecule has 0 fully saturated rings. The molecule has 1 aromatic heterocycles. The van der Waals surface area contributed by atoms with Gasteiger partial charge in [0.15, 0.2) is 5.75 Å². The molecule has 0 aliphatic rings. The quantitative estimate of drug-likeness (QED) is 0.367. The summed E-state index contributed by atoms with van der Waals surface area (Å²) < 4.78 is 69.5. The van der Waals surface area contributed by atoms with Crippen molar-refractivity contribution >= 4 is 11.8 Å². The van der Waals surface area contributed by atoms with Crippen LogP contribution >= 0.6 is 0 Å². The van der Waals surface area contributed by atoms with Gasteiger partial charge in [-0.25, -0.2) is 13.6 Å². The lowest BCUT2D eigenvalue weighted by atomic mass is 10.2. The fourth-order valence-electron chi connectivity index (χ4n) is 1.25. The van der Waals surface area contributed by atoms with Gasteiger partial charge >= 0.3 is 23.8 Å². The summed E-state index contributed by atoms with van der Waals surface area (Å²) in [5, 5.41) is 10.5. The van der Waals surface area contributed by atoms with Crippen LogP contribution in [0.2, 0.25) is 0 Å². The minimum absolute atomic E-state index is 0.0815. The van der Waals surface area contributed by atoms with E-state index in [2.05, 4.69) is 14.5 Å². The predicted molar refractivity (Wildman–Crippen MR) is 53.9 cm³/mol. The van der Waals surface area contributed by atoms with E-state index in [4.69, 9.17) is 0 Å². The van der Waals surface area contributed by atoms with Crippen molar-refractivity contribution in [3.63, 3.8) is 0 Å². The van der Waals surface area contributed by atoms with Gasteiger partial charge in [0.05, 0.1) is 12.7 Å². The smallest absolute Gasteiger partial charge is 0.463 e. The van der Waals surface area contributed by atoms with Crippen molar-refractivity contribution in [3.05, 3.63) is 27.4 Å². The van der Waals surface area contributed by atoms with Crippen LogP contribution in [0.15, 0.2) is 6.07 Å². The largest absolute Gasteiger partial charge is 0.573 e. The van der Waals surface area contributed by atoms with Gasteiger partial charge in [-0.15, -0.1) is 13.2 Å². The van der Waals surface area contributed by atoms with Crippen molar-refractivity contribution < 1.29 is 41.1 Å². The van der Waals surface area contributed by atoms with Crippen LogP contribution in [0.1, 0.15) is 22.5 Å². The Morgan fingerprint density at radius 3 is 2.38 bits per heavy atom. The first-order valence-electron chi connectivity index (χ1n) is 4.88. The molecule has 0 aliphatic heterocycles. The first kappa shape index (κ1) is 16.5. The molecule has 116 valence electrons. The monoisotopic (exact) mass is 316 g/mol. The SMILES string of the molecule is COC(=O)c1nc([N+](=O)[O-])cc(C(F)F)c1OC(F)(F)F. The second-order valence-corrected chi connectivity index (χ2v) is 3.34. The molecular formula is C9H5F5N2O5. The number of hydrogen-bond acceptors (Lipinski definition) is 6. The molecule has 0 amide bonds. The van der Waals surface area contributed by atoms with Crippen molar-refractivity contribution in [3.8, 4) is 5.75 Å². The van der Waals surface area contributed by atoms with Crippen molar-refractivity contribution in [1.29, 1.82) is 0 Å². The number of carbonyl (C=O) groups excluding carboxylic acids is 1. The highest BCUT2D eigenvalue weighted by Gasteiger charge is 2.39. The normalized spacial score (nSPS) is 11.4. The van der Waals surface area contributed by atoms with Gasteiger partial charge in [-0.1, -0.05) is 0 Å². The molecular weight excluding hydrogens is 311 g/mol. The van der Waals surface area contributed by atoms with Crippen LogP contribution in [0.5, 0.6) is 5.75 Å². The van der Waals surface area contributed by atoms with E-state index >= 15 is 0 Å². The fourth-order valence-corrected chi connectivity index (χ4v) is 1.25. The average Bonchev–Trinajstić information content (AvgIpc) is 2.35. The second kappa shape index (κ2) is 5.85. The summed E-state index contributed by atoms with van der Waals surface area (Å²) in [7, 11) is 0.724. The molecule has 1 rings (SSSR count). The van der Waals surface area contributed by atoms with Crippen LogP contribution in [-0.4, -0.2) is 29.3 Å². The lowest BCUT2D eigenvalue weighted by molar-refractivity contribution is -0.389. The lowest BCUT2D eigenvalue weighted by Gasteiger charge is -2.13. The zero-order chi connectivity index (χ0) is 16.4. The molecule has 1 aromatic rings. The Balaban J connectivity index is 3.62. The molecule has 0 aromatic carbocycles. The number of pyridine rings is 1. The number of carbonyl (C=O) groups is 1. The highest BCUT2D eigenvalue weighted by Crippen LogP contribution is 2.37. The first-order valence-corrected chi connectivity index (χ1v) is 4.88. The van der Waals surface area contributed by atoms with E-state index in [1.54, 1.807) is 0 Å². The maximum atomic E-state index is 12.7. The third kappa shape index (κ3) is 3.97. The number of nitrogens with zero attached hydrogens (tertiary/aromatic N) is 2. The van der Waals surface area contributed by atoms with Crippen LogP contribution in [0.4, 0.5) is 27.8 Å². The predicted octanol–water partition coefficient (Wildman–Crippen LogP) is 2.61. The van der Waals surface area contributed by atoms with Gasteiger partial charge in [0.2, 0.25) is 0 Å². The van der Waals surface area contributed by atoms with Gasteiger partial charge in [0, 0.05) is 6.07 Å². The van der Waals surface area contributed by atoms with E-state index in [-0.39, 0.29) is 6.07 Å². The second-order valence-electron chi connectivity index (χ2n) is 3.34. The third-order valence-electron chi connectivity index (χ3n) is 2.01. The summed E-state index contributed by atoms with van der Waals surface area (Å²) >= 11 is 0. The van der Waals surface area contributed by atoms with Gasteiger partial charge in [0.1, 0.15) is 0 Å². The van der Waals surface area contributed by atoms with E-state index in [0.29, 0.717) is 0 Å². The van der Waals surface area contributed by atoms with Crippen molar-refractivity contribution in [2.45, 2.75) is 12.8 Å². The zero-order valence-corrected chi connectivity index (χ0v) is 9.98. The molecule has 0 aliphatic carbocycles. The van der Waals surface area contributed by atoms with Crippen molar-refractivity contribution in [2.24, 2.45) is 0 Å². The number of esters is 1. The topological polar surface area (TPSA) is 91.6 Å². The molecule has 0 saturated heterocycles. The summed E-state index contributed by atoms with van der Waals surface area (Å²) in [6.07, 6.45) is -8.99. The van der Waals surface area contributed by atoms with Gasteiger partial charge in [0.25, 0.3) is 6.43 Å². The van der Waals surface area contributed by atoms with E-state index in [0.717, 1.165) is 7.11 Å². The zero-order valence-electron chi connectivity index (χ0n) is 9.98. The summed E-state index contributed by atoms with van der Waals surface area (Å²) in [5.74, 6) is -4.49. The van der Waals surface area contributed by atoms with E-state index < -0.39 is 46.5 Å². The first-order chi connectivity index (χ1) is 9.56. The Labute approximate surface area is 112 Å². The number of rotatable bonds is 4. The molecule has 0 bridgehead atoms. The standard InChI is InChI=1S/C9H5F5N2O5/c1-20-8(17)5-6(21-9(12,13)14)3(7(10)11)2-4(15-5)16(18)19/h2,7H,1H3. The van der Waals surface area contributed by atoms with Crippen LogP contribution in [0, 0.1) is 10.1 Å². The molecule has 1 heterocycles. The van der Waals surface area contributed by atoms with Gasteiger partial charge in [-0.2, -0.15) is 0 Å². The number of aromatic nitrogens is 1. The van der Waals surface area contributed by atoms with Crippen LogP contribution in [0.25, 0.3) is 0 Å². The molecule has 0 atom stereocenters. The molecule has 0 spiro atoms. The summed E-state index contributed by atoms with van der Waals surface area (Å²) in [6, 6.07) is 0.0815. The number of hydrogen-bond donors (Lipinski definition) is 0.